The van der Waals surface area contributed by atoms with Crippen molar-refractivity contribution in [3.8, 4) is 22.9 Å². The van der Waals surface area contributed by atoms with Crippen LogP contribution in [0.3, 0.4) is 0 Å². The molecule has 0 bridgehead atoms. The third-order valence-electron chi connectivity index (χ3n) is 7.84. The van der Waals surface area contributed by atoms with Crippen molar-refractivity contribution < 1.29 is 18.7 Å². The van der Waals surface area contributed by atoms with Gasteiger partial charge < -0.3 is 20.2 Å². The molecule has 43 heavy (non-hydrogen) atoms. The summed E-state index contributed by atoms with van der Waals surface area (Å²) in [5.74, 6) is 0.883. The molecule has 222 valence electrons. The number of halogens is 2. The van der Waals surface area contributed by atoms with E-state index in [0.29, 0.717) is 23.2 Å². The number of aryl methyl sites for hydroxylation is 1. The third kappa shape index (κ3) is 5.77. The number of piperidine rings is 1. The topological polar surface area (TPSA) is 98.4 Å². The predicted molar refractivity (Wildman–Crippen MR) is 169 cm³/mol. The molecule has 1 saturated heterocycles. The molecular weight excluding hydrogens is 613 g/mol. The van der Waals surface area contributed by atoms with Crippen LogP contribution in [0, 0.1) is 12.7 Å². The number of para-hydroxylation sites is 1. The first kappa shape index (κ1) is 28.9. The number of nitrogens with two attached hydrogens (primary N) is 1. The standard InChI is InChI=1S/C33H33BrFN5O3/c1-19(2)39-13-7-6-10-31(39)43-30-16-21-15-27(38-26(21)17-24(30)34)32(41)23-18-37-40(33(23)36)22-11-12-28(20(3)14-22)42-29-9-5-4-8-25(29)35/h4-5,8-9,11-12,14-19,31,38H,6-7,10,13,36H2,1-3H3. The molecule has 3 aromatic carbocycles. The van der Waals surface area contributed by atoms with Crippen molar-refractivity contribution in [1.82, 2.24) is 19.7 Å². The highest BCUT2D eigenvalue weighted by atomic mass is 79.9. The van der Waals surface area contributed by atoms with Crippen LogP contribution in [0.4, 0.5) is 10.2 Å². The van der Waals surface area contributed by atoms with Crippen LogP contribution in [0.1, 0.15) is 54.7 Å². The molecule has 0 aliphatic carbocycles. The van der Waals surface area contributed by atoms with Gasteiger partial charge in [0.15, 0.2) is 17.8 Å². The van der Waals surface area contributed by atoms with Crippen LogP contribution >= 0.6 is 15.9 Å². The molecule has 5 aromatic rings. The summed E-state index contributed by atoms with van der Waals surface area (Å²) in [5, 5.41) is 5.26. The fourth-order valence-electron chi connectivity index (χ4n) is 5.54. The second kappa shape index (κ2) is 11.9. The molecule has 6 rings (SSSR count). The van der Waals surface area contributed by atoms with E-state index in [1.54, 1.807) is 30.3 Å². The molecule has 0 amide bonds. The van der Waals surface area contributed by atoms with Gasteiger partial charge in [-0.1, -0.05) is 12.1 Å². The molecule has 8 nitrogen and oxygen atoms in total. The van der Waals surface area contributed by atoms with Crippen molar-refractivity contribution in [2.75, 3.05) is 12.3 Å². The lowest BCUT2D eigenvalue weighted by Crippen LogP contribution is -2.46. The van der Waals surface area contributed by atoms with E-state index in [-0.39, 0.29) is 29.1 Å². The number of nitrogen functional groups attached to an aromatic ring is 1. The Morgan fingerprint density at radius 2 is 1.91 bits per heavy atom. The molecule has 0 spiro atoms. The van der Waals surface area contributed by atoms with Crippen molar-refractivity contribution in [2.24, 2.45) is 0 Å². The number of benzene rings is 3. The van der Waals surface area contributed by atoms with Crippen molar-refractivity contribution in [3.63, 3.8) is 0 Å². The number of carbonyl (C=O) groups is 1. The summed E-state index contributed by atoms with van der Waals surface area (Å²) in [4.78, 5) is 19.2. The number of H-pyrrole nitrogens is 1. The van der Waals surface area contributed by atoms with Crippen LogP contribution < -0.4 is 15.2 Å². The van der Waals surface area contributed by atoms with Crippen molar-refractivity contribution in [1.29, 1.82) is 0 Å². The Morgan fingerprint density at radius 1 is 1.09 bits per heavy atom. The van der Waals surface area contributed by atoms with Crippen LogP contribution in [-0.4, -0.2) is 44.3 Å². The molecular formula is C33H33BrFN5O3. The van der Waals surface area contributed by atoms with E-state index < -0.39 is 5.82 Å². The highest BCUT2D eigenvalue weighted by molar-refractivity contribution is 9.10. The number of likely N-dealkylation sites (tertiary alicyclic amines) is 1. The maximum absolute atomic E-state index is 14.1. The normalized spacial score (nSPS) is 15.7. The third-order valence-corrected chi connectivity index (χ3v) is 8.46. The monoisotopic (exact) mass is 645 g/mol. The van der Waals surface area contributed by atoms with Gasteiger partial charge in [0.05, 0.1) is 27.6 Å². The fourth-order valence-corrected chi connectivity index (χ4v) is 5.98. The zero-order chi connectivity index (χ0) is 30.2. The van der Waals surface area contributed by atoms with E-state index in [0.717, 1.165) is 46.1 Å². The number of anilines is 1. The minimum atomic E-state index is -0.444. The summed E-state index contributed by atoms with van der Waals surface area (Å²) >= 11 is 3.66. The predicted octanol–water partition coefficient (Wildman–Crippen LogP) is 7.77. The van der Waals surface area contributed by atoms with Crippen LogP contribution in [0.25, 0.3) is 16.6 Å². The smallest absolute Gasteiger partial charge is 0.214 e. The maximum atomic E-state index is 14.1. The highest BCUT2D eigenvalue weighted by Gasteiger charge is 2.27. The zero-order valence-corrected chi connectivity index (χ0v) is 25.8. The lowest BCUT2D eigenvalue weighted by Gasteiger charge is -2.38. The molecule has 3 N–H and O–H groups in total. The summed E-state index contributed by atoms with van der Waals surface area (Å²) in [7, 11) is 0. The lowest BCUT2D eigenvalue weighted by atomic mass is 10.1. The van der Waals surface area contributed by atoms with Crippen molar-refractivity contribution in [2.45, 2.75) is 52.3 Å². The number of hydrogen-bond acceptors (Lipinski definition) is 6. The minimum Gasteiger partial charge on any atom is -0.474 e. The van der Waals surface area contributed by atoms with E-state index >= 15 is 0 Å². The fraction of sp³-hybridized carbons (Fsp3) is 0.273. The maximum Gasteiger partial charge on any atom is 0.214 e. The first-order valence-corrected chi connectivity index (χ1v) is 15.1. The van der Waals surface area contributed by atoms with Gasteiger partial charge in [0.2, 0.25) is 5.78 Å². The Hall–Kier alpha value is -4.15. The van der Waals surface area contributed by atoms with Crippen LogP contribution in [-0.2, 0) is 0 Å². The summed E-state index contributed by atoms with van der Waals surface area (Å²) in [6, 6.07) is 17.6. The molecule has 0 radical (unpaired) electrons. The second-order valence-electron chi connectivity index (χ2n) is 11.1. The molecule has 1 unspecified atom stereocenters. The molecule has 1 aliphatic heterocycles. The molecule has 10 heteroatoms. The molecule has 1 fully saturated rings. The molecule has 3 heterocycles. The average Bonchev–Trinajstić information content (AvgIpc) is 3.58. The summed E-state index contributed by atoms with van der Waals surface area (Å²) in [6.45, 7) is 7.25. The Labute approximate surface area is 257 Å². The Morgan fingerprint density at radius 3 is 2.67 bits per heavy atom. The van der Waals surface area contributed by atoms with Crippen LogP contribution in [0.5, 0.6) is 17.2 Å². The van der Waals surface area contributed by atoms with Gasteiger partial charge in [0.25, 0.3) is 0 Å². The molecule has 1 atom stereocenters. The number of hydrogen-bond donors (Lipinski definition) is 2. The highest BCUT2D eigenvalue weighted by Crippen LogP contribution is 2.35. The van der Waals surface area contributed by atoms with Gasteiger partial charge in [-0.2, -0.15) is 5.10 Å². The number of aromatic nitrogens is 3. The molecule has 1 aliphatic rings. The number of fused-ring (bicyclic) bond motifs is 1. The zero-order valence-electron chi connectivity index (χ0n) is 24.2. The Balaban J connectivity index is 1.23. The number of ether oxygens (including phenoxy) is 2. The van der Waals surface area contributed by atoms with Gasteiger partial charge in [0, 0.05) is 23.5 Å². The first-order valence-electron chi connectivity index (χ1n) is 14.4. The first-order chi connectivity index (χ1) is 20.7. The van der Waals surface area contributed by atoms with Gasteiger partial charge in [-0.05, 0) is 110 Å². The van der Waals surface area contributed by atoms with Gasteiger partial charge in [-0.15, -0.1) is 0 Å². The van der Waals surface area contributed by atoms with Gasteiger partial charge in [-0.25, -0.2) is 9.07 Å². The molecule has 2 aromatic heterocycles. The Bertz CT molecular complexity index is 1810. The number of ketones is 1. The Kier molecular flexibility index (Phi) is 7.98. The average molecular weight is 647 g/mol. The van der Waals surface area contributed by atoms with Gasteiger partial charge in [0.1, 0.15) is 17.3 Å². The van der Waals surface area contributed by atoms with E-state index in [1.165, 1.54) is 23.4 Å². The minimum absolute atomic E-state index is 0.0111. The molecule has 0 saturated carbocycles. The number of carbonyl (C=O) groups excluding carboxylic acids is 1. The lowest BCUT2D eigenvalue weighted by molar-refractivity contribution is -0.0238. The SMILES string of the molecule is Cc1cc(-n2ncc(C(=O)c3cc4cc(OC5CCCCN5C(C)C)c(Br)cc4[nH]3)c2N)ccc1Oc1ccccc1F. The second-order valence-corrected chi connectivity index (χ2v) is 12.0. The van der Waals surface area contributed by atoms with Crippen molar-refractivity contribution >= 4 is 38.4 Å². The summed E-state index contributed by atoms with van der Waals surface area (Å²) in [5.41, 5.74) is 9.33. The van der Waals surface area contributed by atoms with E-state index in [2.05, 4.69) is 44.8 Å². The number of rotatable bonds is 8. The number of nitrogens with one attached hydrogen (secondary N) is 1. The largest absolute Gasteiger partial charge is 0.474 e. The van der Waals surface area contributed by atoms with Gasteiger partial charge >= 0.3 is 0 Å². The summed E-state index contributed by atoms with van der Waals surface area (Å²) < 4.78 is 28.6. The van der Waals surface area contributed by atoms with E-state index in [4.69, 9.17) is 15.2 Å². The van der Waals surface area contributed by atoms with Crippen LogP contribution in [0.15, 0.2) is 71.3 Å². The van der Waals surface area contributed by atoms with Crippen LogP contribution in [0.2, 0.25) is 0 Å². The number of aromatic amines is 1. The van der Waals surface area contributed by atoms with Gasteiger partial charge in [-0.3, -0.25) is 9.69 Å². The van der Waals surface area contributed by atoms with Crippen molar-refractivity contribution in [3.05, 3.63) is 94.0 Å². The van der Waals surface area contributed by atoms with E-state index in [9.17, 15) is 9.18 Å². The van der Waals surface area contributed by atoms with E-state index in [1.807, 2.05) is 31.2 Å². The summed E-state index contributed by atoms with van der Waals surface area (Å²) in [6.07, 6.45) is 4.77. The number of nitrogens with zero attached hydrogens (tertiary/aromatic N) is 3. The quantitative estimate of drug-likeness (QED) is 0.167.